The molecule has 0 radical (unpaired) electrons. The van der Waals surface area contributed by atoms with Gasteiger partial charge in [-0.25, -0.2) is 9.59 Å². The molecule has 0 saturated carbocycles. The summed E-state index contributed by atoms with van der Waals surface area (Å²) in [6.07, 6.45) is 4.25. The Bertz CT molecular complexity index is 411. The van der Waals surface area contributed by atoms with Gasteiger partial charge in [-0.15, -0.1) is 0 Å². The second-order valence-electron chi connectivity index (χ2n) is 2.87. The number of carboxylic acid groups (broad SMARTS) is 1. The van der Waals surface area contributed by atoms with Crippen molar-refractivity contribution in [3.8, 4) is 0 Å². The standard InChI is InChI=1S/C11H11NO4/c1-2-16-11(15)9(10(13)14)6-8-4-3-5-12-7-8/h3-7H,2H2,1H3,(H,13,14). The molecule has 0 saturated heterocycles. The van der Waals surface area contributed by atoms with Crippen molar-refractivity contribution in [2.75, 3.05) is 6.61 Å². The van der Waals surface area contributed by atoms with Crippen molar-refractivity contribution in [3.05, 3.63) is 35.7 Å². The molecule has 0 aliphatic carbocycles. The fourth-order valence-corrected chi connectivity index (χ4v) is 1.04. The quantitative estimate of drug-likeness (QED) is 0.356. The van der Waals surface area contributed by atoms with Crippen LogP contribution in [0.1, 0.15) is 12.5 Å². The predicted molar refractivity (Wildman–Crippen MR) is 56.5 cm³/mol. The van der Waals surface area contributed by atoms with Gasteiger partial charge in [0.2, 0.25) is 0 Å². The third-order valence-corrected chi connectivity index (χ3v) is 1.72. The first-order chi connectivity index (χ1) is 7.65. The van der Waals surface area contributed by atoms with Gasteiger partial charge in [-0.2, -0.15) is 0 Å². The first-order valence-electron chi connectivity index (χ1n) is 4.67. The number of carboxylic acids is 1. The van der Waals surface area contributed by atoms with Gasteiger partial charge in [0.15, 0.2) is 0 Å². The van der Waals surface area contributed by atoms with Gasteiger partial charge in [-0.1, -0.05) is 6.07 Å². The molecule has 16 heavy (non-hydrogen) atoms. The Morgan fingerprint density at radius 1 is 1.56 bits per heavy atom. The fraction of sp³-hybridized carbons (Fsp3) is 0.182. The number of pyridine rings is 1. The largest absolute Gasteiger partial charge is 0.477 e. The number of carbonyl (C=O) groups excluding carboxylic acids is 1. The molecular formula is C11H11NO4. The van der Waals surface area contributed by atoms with Crippen LogP contribution in [-0.4, -0.2) is 28.6 Å². The summed E-state index contributed by atoms with van der Waals surface area (Å²) in [7, 11) is 0. The first kappa shape index (κ1) is 11.9. The third kappa shape index (κ3) is 3.20. The van der Waals surface area contributed by atoms with Gasteiger partial charge in [0.25, 0.3) is 0 Å². The smallest absolute Gasteiger partial charge is 0.345 e. The highest BCUT2D eigenvalue weighted by Gasteiger charge is 2.18. The summed E-state index contributed by atoms with van der Waals surface area (Å²) in [5, 5.41) is 8.84. The third-order valence-electron chi connectivity index (χ3n) is 1.72. The topological polar surface area (TPSA) is 76.5 Å². The van der Waals surface area contributed by atoms with Crippen molar-refractivity contribution >= 4 is 18.0 Å². The van der Waals surface area contributed by atoms with Crippen LogP contribution in [0.5, 0.6) is 0 Å². The number of aromatic nitrogens is 1. The van der Waals surface area contributed by atoms with E-state index in [1.165, 1.54) is 12.3 Å². The van der Waals surface area contributed by atoms with Crippen LogP contribution in [0.25, 0.3) is 6.08 Å². The number of aliphatic carboxylic acids is 1. The molecule has 1 N–H and O–H groups in total. The highest BCUT2D eigenvalue weighted by atomic mass is 16.5. The zero-order valence-corrected chi connectivity index (χ0v) is 8.71. The van der Waals surface area contributed by atoms with E-state index >= 15 is 0 Å². The van der Waals surface area contributed by atoms with Crippen LogP contribution in [-0.2, 0) is 14.3 Å². The molecule has 5 heteroatoms. The number of esters is 1. The Balaban J connectivity index is 2.99. The summed E-state index contributed by atoms with van der Waals surface area (Å²) in [4.78, 5) is 25.9. The molecule has 0 bridgehead atoms. The van der Waals surface area contributed by atoms with Crippen LogP contribution in [0.15, 0.2) is 30.1 Å². The summed E-state index contributed by atoms with van der Waals surface area (Å²) < 4.78 is 4.63. The van der Waals surface area contributed by atoms with Crippen LogP contribution < -0.4 is 0 Å². The second kappa shape index (κ2) is 5.65. The molecule has 0 amide bonds. The van der Waals surface area contributed by atoms with Crippen molar-refractivity contribution in [2.45, 2.75) is 6.92 Å². The first-order valence-corrected chi connectivity index (χ1v) is 4.67. The molecule has 5 nitrogen and oxygen atoms in total. The molecule has 1 aromatic rings. The summed E-state index contributed by atoms with van der Waals surface area (Å²) in [6.45, 7) is 1.75. The van der Waals surface area contributed by atoms with Gasteiger partial charge in [-0.3, -0.25) is 4.98 Å². The fourth-order valence-electron chi connectivity index (χ4n) is 1.04. The van der Waals surface area contributed by atoms with Gasteiger partial charge in [0.1, 0.15) is 5.57 Å². The van der Waals surface area contributed by atoms with Crippen molar-refractivity contribution in [3.63, 3.8) is 0 Å². The SMILES string of the molecule is CCOC(=O)C(=Cc1cccnc1)C(=O)O. The van der Waals surface area contributed by atoms with Gasteiger partial charge >= 0.3 is 11.9 Å². The van der Waals surface area contributed by atoms with E-state index in [1.54, 1.807) is 25.3 Å². The van der Waals surface area contributed by atoms with Gasteiger partial charge in [-0.05, 0) is 24.6 Å². The van der Waals surface area contributed by atoms with Crippen molar-refractivity contribution in [1.82, 2.24) is 4.98 Å². The van der Waals surface area contributed by atoms with Crippen LogP contribution in [0.2, 0.25) is 0 Å². The maximum absolute atomic E-state index is 11.3. The molecule has 84 valence electrons. The maximum Gasteiger partial charge on any atom is 0.345 e. The lowest BCUT2D eigenvalue weighted by Crippen LogP contribution is -2.15. The minimum absolute atomic E-state index is 0.135. The van der Waals surface area contributed by atoms with Gasteiger partial charge in [0.05, 0.1) is 6.61 Å². The number of nitrogens with zero attached hydrogens (tertiary/aromatic N) is 1. The minimum Gasteiger partial charge on any atom is -0.477 e. The normalized spacial score (nSPS) is 10.9. The molecule has 0 atom stereocenters. The summed E-state index contributed by atoms with van der Waals surface area (Å²) in [5.74, 6) is -2.17. The average molecular weight is 221 g/mol. The van der Waals surface area contributed by atoms with E-state index in [0.29, 0.717) is 5.56 Å². The molecule has 0 aromatic carbocycles. The summed E-state index contributed by atoms with van der Waals surface area (Å²) in [6, 6.07) is 3.30. The number of hydrogen-bond donors (Lipinski definition) is 1. The van der Waals surface area contributed by atoms with Gasteiger partial charge < -0.3 is 9.84 Å². The van der Waals surface area contributed by atoms with Crippen LogP contribution in [0.4, 0.5) is 0 Å². The Morgan fingerprint density at radius 3 is 2.81 bits per heavy atom. The van der Waals surface area contributed by atoms with E-state index in [-0.39, 0.29) is 6.61 Å². The second-order valence-corrected chi connectivity index (χ2v) is 2.87. The van der Waals surface area contributed by atoms with Crippen LogP contribution in [0.3, 0.4) is 0 Å². The van der Waals surface area contributed by atoms with E-state index in [0.717, 1.165) is 0 Å². The summed E-state index contributed by atoms with van der Waals surface area (Å²) in [5.41, 5.74) is 0.128. The Hall–Kier alpha value is -2.17. The lowest BCUT2D eigenvalue weighted by molar-refractivity contribution is -0.143. The molecule has 0 fully saturated rings. The van der Waals surface area contributed by atoms with Crippen LogP contribution >= 0.6 is 0 Å². The Morgan fingerprint density at radius 2 is 2.31 bits per heavy atom. The molecular weight excluding hydrogens is 210 g/mol. The molecule has 0 spiro atoms. The zero-order valence-electron chi connectivity index (χ0n) is 8.71. The monoisotopic (exact) mass is 221 g/mol. The van der Waals surface area contributed by atoms with E-state index in [1.807, 2.05) is 0 Å². The Labute approximate surface area is 92.4 Å². The molecule has 1 rings (SSSR count). The minimum atomic E-state index is -1.32. The maximum atomic E-state index is 11.3. The van der Waals surface area contributed by atoms with E-state index in [2.05, 4.69) is 9.72 Å². The van der Waals surface area contributed by atoms with E-state index in [4.69, 9.17) is 5.11 Å². The average Bonchev–Trinajstić information content (AvgIpc) is 2.27. The lowest BCUT2D eigenvalue weighted by Gasteiger charge is -2.02. The molecule has 1 heterocycles. The Kier molecular flexibility index (Phi) is 4.20. The van der Waals surface area contributed by atoms with Crippen molar-refractivity contribution < 1.29 is 19.4 Å². The predicted octanol–water partition coefficient (Wildman–Crippen LogP) is 1.11. The summed E-state index contributed by atoms with van der Waals surface area (Å²) >= 11 is 0. The molecule has 0 aliphatic rings. The highest BCUT2D eigenvalue weighted by Crippen LogP contribution is 2.07. The molecule has 0 unspecified atom stereocenters. The van der Waals surface area contributed by atoms with Crippen LogP contribution in [0, 0.1) is 0 Å². The molecule has 0 aliphatic heterocycles. The number of hydrogen-bond acceptors (Lipinski definition) is 4. The number of rotatable bonds is 4. The highest BCUT2D eigenvalue weighted by molar-refractivity contribution is 6.16. The lowest BCUT2D eigenvalue weighted by atomic mass is 10.1. The van der Waals surface area contributed by atoms with Crippen molar-refractivity contribution in [1.29, 1.82) is 0 Å². The van der Waals surface area contributed by atoms with E-state index < -0.39 is 17.5 Å². The zero-order chi connectivity index (χ0) is 12.0. The molecule has 1 aromatic heterocycles. The number of ether oxygens (including phenoxy) is 1. The van der Waals surface area contributed by atoms with E-state index in [9.17, 15) is 9.59 Å². The number of carbonyl (C=O) groups is 2. The van der Waals surface area contributed by atoms with Crippen molar-refractivity contribution in [2.24, 2.45) is 0 Å². The van der Waals surface area contributed by atoms with Gasteiger partial charge in [0, 0.05) is 12.4 Å².